The van der Waals surface area contributed by atoms with Gasteiger partial charge in [0, 0.05) is 24.4 Å². The second-order valence-corrected chi connectivity index (χ2v) is 12.1. The van der Waals surface area contributed by atoms with Gasteiger partial charge >= 0.3 is 11.9 Å². The lowest BCUT2D eigenvalue weighted by atomic mass is 10.2. The molecule has 2 aromatic carbocycles. The molecule has 0 spiro atoms. The van der Waals surface area contributed by atoms with Crippen molar-refractivity contribution in [1.82, 2.24) is 4.98 Å². The third kappa shape index (κ3) is 9.46. The van der Waals surface area contributed by atoms with E-state index in [9.17, 15) is 9.59 Å². The predicted octanol–water partition coefficient (Wildman–Crippen LogP) is 5.62. The van der Waals surface area contributed by atoms with Gasteiger partial charge in [-0.1, -0.05) is 18.2 Å². The van der Waals surface area contributed by atoms with E-state index in [1.54, 1.807) is 18.3 Å². The van der Waals surface area contributed by atoms with Gasteiger partial charge < -0.3 is 18.9 Å². The molecule has 0 radical (unpaired) electrons. The standard InChI is InChI=1S/C29H34NO6S/c1-28(2,3)35-26(31)19-33-21-11-9-13-23(17-21)37(25-15-7-8-16-30-25)24-14-10-12-22(18-24)34-20-27(32)36-29(4,5)6/h7-18H,19-20H2,1-6H3/q+1. The summed E-state index contributed by atoms with van der Waals surface area (Å²) in [6.07, 6.45) is 1.75. The third-order valence-corrected chi connectivity index (χ3v) is 6.59. The second kappa shape index (κ2) is 12.1. The molecule has 0 N–H and O–H groups in total. The molecule has 1 aromatic heterocycles. The molecule has 0 aliphatic carbocycles. The topological polar surface area (TPSA) is 84.0 Å². The van der Waals surface area contributed by atoms with Gasteiger partial charge in [-0.25, -0.2) is 14.6 Å². The van der Waals surface area contributed by atoms with Crippen molar-refractivity contribution in [2.75, 3.05) is 13.2 Å². The number of aromatic nitrogens is 1. The zero-order valence-corrected chi connectivity index (χ0v) is 23.0. The van der Waals surface area contributed by atoms with E-state index in [0.717, 1.165) is 14.8 Å². The maximum Gasteiger partial charge on any atom is 0.344 e. The first-order chi connectivity index (χ1) is 17.4. The molecule has 0 amide bonds. The van der Waals surface area contributed by atoms with Crippen molar-refractivity contribution in [3.8, 4) is 11.5 Å². The summed E-state index contributed by atoms with van der Waals surface area (Å²) in [5.41, 5.74) is -1.16. The van der Waals surface area contributed by atoms with Crippen LogP contribution in [0, 0.1) is 0 Å². The second-order valence-electron chi connectivity index (χ2n) is 10.2. The van der Waals surface area contributed by atoms with Gasteiger partial charge in [-0.2, -0.15) is 0 Å². The first-order valence-corrected chi connectivity index (χ1v) is 13.2. The lowest BCUT2D eigenvalue weighted by Crippen LogP contribution is -2.27. The lowest BCUT2D eigenvalue weighted by Gasteiger charge is -2.19. The number of rotatable bonds is 9. The summed E-state index contributed by atoms with van der Waals surface area (Å²) < 4.78 is 22.1. The third-order valence-electron chi connectivity index (χ3n) is 4.48. The molecule has 0 bridgehead atoms. The summed E-state index contributed by atoms with van der Waals surface area (Å²) in [7, 11) is -0.599. The van der Waals surface area contributed by atoms with Crippen LogP contribution in [0.15, 0.2) is 87.7 Å². The highest BCUT2D eigenvalue weighted by atomic mass is 32.2. The van der Waals surface area contributed by atoms with Crippen LogP contribution in [0.2, 0.25) is 0 Å². The summed E-state index contributed by atoms with van der Waals surface area (Å²) in [5.74, 6) is 0.233. The number of esters is 2. The minimum absolute atomic E-state index is 0.188. The molecule has 0 atom stereocenters. The Bertz CT molecular complexity index is 1130. The number of carbonyl (C=O) groups excluding carboxylic acids is 2. The summed E-state index contributed by atoms with van der Waals surface area (Å²) in [6.45, 7) is 10.5. The van der Waals surface area contributed by atoms with Gasteiger partial charge in [0.25, 0.3) is 5.03 Å². The Balaban J connectivity index is 1.84. The Kier molecular flexibility index (Phi) is 9.21. The number of carbonyl (C=O) groups is 2. The molecule has 196 valence electrons. The Labute approximate surface area is 221 Å². The lowest BCUT2D eigenvalue weighted by molar-refractivity contribution is -0.158. The molecule has 0 saturated carbocycles. The van der Waals surface area contributed by atoms with E-state index < -0.39 is 34.0 Å². The van der Waals surface area contributed by atoms with E-state index in [1.807, 2.05) is 96.1 Å². The smallest absolute Gasteiger partial charge is 0.344 e. The first kappa shape index (κ1) is 28.1. The first-order valence-electron chi connectivity index (χ1n) is 11.9. The van der Waals surface area contributed by atoms with E-state index in [4.69, 9.17) is 18.9 Å². The average molecular weight is 525 g/mol. The van der Waals surface area contributed by atoms with Crippen molar-refractivity contribution in [2.24, 2.45) is 0 Å². The molecule has 1 heterocycles. The average Bonchev–Trinajstić information content (AvgIpc) is 2.81. The highest BCUT2D eigenvalue weighted by Crippen LogP contribution is 2.33. The SMILES string of the molecule is CC(C)(C)OC(=O)COc1cccc([S+](c2cccc(OCC(=O)OC(C)(C)C)c2)c2ccccn2)c1. The Morgan fingerprint density at radius 2 is 1.19 bits per heavy atom. The maximum absolute atomic E-state index is 12.1. The fourth-order valence-corrected chi connectivity index (χ4v) is 5.29. The normalized spacial score (nSPS) is 11.6. The van der Waals surface area contributed by atoms with Gasteiger partial charge in [0.05, 0.1) is 0 Å². The molecule has 7 nitrogen and oxygen atoms in total. The fourth-order valence-electron chi connectivity index (χ4n) is 3.25. The number of ether oxygens (including phenoxy) is 4. The highest BCUT2D eigenvalue weighted by molar-refractivity contribution is 7.97. The van der Waals surface area contributed by atoms with Crippen LogP contribution in [0.3, 0.4) is 0 Å². The predicted molar refractivity (Wildman–Crippen MR) is 142 cm³/mol. The monoisotopic (exact) mass is 524 g/mol. The minimum atomic E-state index is -0.599. The quantitative estimate of drug-likeness (QED) is 0.265. The van der Waals surface area contributed by atoms with E-state index in [2.05, 4.69) is 4.98 Å². The van der Waals surface area contributed by atoms with E-state index in [1.165, 1.54) is 0 Å². The van der Waals surface area contributed by atoms with Crippen LogP contribution < -0.4 is 9.47 Å². The Hall–Kier alpha value is -3.52. The number of pyridine rings is 1. The molecule has 0 fully saturated rings. The van der Waals surface area contributed by atoms with Crippen molar-refractivity contribution in [1.29, 1.82) is 0 Å². The van der Waals surface area contributed by atoms with Crippen molar-refractivity contribution >= 4 is 22.8 Å². The Morgan fingerprint density at radius 3 is 1.59 bits per heavy atom. The maximum atomic E-state index is 12.1. The van der Waals surface area contributed by atoms with Crippen molar-refractivity contribution in [2.45, 2.75) is 67.6 Å². The van der Waals surface area contributed by atoms with Crippen LogP contribution in [-0.2, 0) is 30.0 Å². The van der Waals surface area contributed by atoms with Crippen molar-refractivity contribution in [3.05, 3.63) is 72.9 Å². The molecule has 0 saturated heterocycles. The zero-order valence-electron chi connectivity index (χ0n) is 22.1. The summed E-state index contributed by atoms with van der Waals surface area (Å²) >= 11 is 0. The van der Waals surface area contributed by atoms with E-state index in [-0.39, 0.29) is 13.2 Å². The van der Waals surface area contributed by atoms with E-state index in [0.29, 0.717) is 11.5 Å². The summed E-state index contributed by atoms with van der Waals surface area (Å²) in [4.78, 5) is 30.7. The van der Waals surface area contributed by atoms with Gasteiger partial charge in [-0.05, 0) is 71.9 Å². The highest BCUT2D eigenvalue weighted by Gasteiger charge is 2.31. The fraction of sp³-hybridized carbons (Fsp3) is 0.345. The van der Waals surface area contributed by atoms with Crippen LogP contribution in [0.25, 0.3) is 0 Å². The van der Waals surface area contributed by atoms with Gasteiger partial charge in [-0.15, -0.1) is 0 Å². The Morgan fingerprint density at radius 1 is 0.703 bits per heavy atom. The van der Waals surface area contributed by atoms with Gasteiger partial charge in [0.2, 0.25) is 0 Å². The molecule has 8 heteroatoms. The number of hydrogen-bond acceptors (Lipinski definition) is 7. The van der Waals surface area contributed by atoms with Crippen molar-refractivity contribution in [3.63, 3.8) is 0 Å². The molecule has 0 aliphatic rings. The number of nitrogens with zero attached hydrogens (tertiary/aromatic N) is 1. The van der Waals surface area contributed by atoms with Crippen LogP contribution >= 0.6 is 0 Å². The minimum Gasteiger partial charge on any atom is -0.482 e. The number of hydrogen-bond donors (Lipinski definition) is 0. The van der Waals surface area contributed by atoms with Gasteiger partial charge in [0.15, 0.2) is 23.0 Å². The van der Waals surface area contributed by atoms with Crippen LogP contribution in [0.1, 0.15) is 41.5 Å². The molecular weight excluding hydrogens is 490 g/mol. The molecule has 3 aromatic rings. The zero-order chi connectivity index (χ0) is 27.1. The molecular formula is C29H34NO6S+. The largest absolute Gasteiger partial charge is 0.482 e. The summed E-state index contributed by atoms with van der Waals surface area (Å²) in [6, 6.07) is 20.9. The molecule has 0 aliphatic heterocycles. The number of benzene rings is 2. The van der Waals surface area contributed by atoms with Gasteiger partial charge in [0.1, 0.15) is 33.6 Å². The molecule has 37 heavy (non-hydrogen) atoms. The van der Waals surface area contributed by atoms with Crippen LogP contribution in [0.5, 0.6) is 11.5 Å². The molecule has 0 unspecified atom stereocenters. The van der Waals surface area contributed by atoms with E-state index >= 15 is 0 Å². The molecule has 3 rings (SSSR count). The van der Waals surface area contributed by atoms with Crippen LogP contribution in [-0.4, -0.2) is 41.3 Å². The van der Waals surface area contributed by atoms with Crippen LogP contribution in [0.4, 0.5) is 0 Å². The summed E-state index contributed by atoms with van der Waals surface area (Å²) in [5, 5.41) is 0.857. The van der Waals surface area contributed by atoms with Gasteiger partial charge in [-0.3, -0.25) is 0 Å². The van der Waals surface area contributed by atoms with Crippen molar-refractivity contribution < 1.29 is 28.5 Å².